The second-order valence-electron chi connectivity index (χ2n) is 4.93. The van der Waals surface area contributed by atoms with Gasteiger partial charge in [-0.15, -0.1) is 11.3 Å². The summed E-state index contributed by atoms with van der Waals surface area (Å²) in [6.45, 7) is 0. The maximum atomic E-state index is 12.1. The number of rotatable bonds is 3. The summed E-state index contributed by atoms with van der Waals surface area (Å²) in [7, 11) is 3.05. The van der Waals surface area contributed by atoms with Crippen LogP contribution in [0.1, 0.15) is 9.67 Å². The quantitative estimate of drug-likeness (QED) is 0.783. The van der Waals surface area contributed by atoms with Crippen molar-refractivity contribution in [2.24, 2.45) is 14.1 Å². The van der Waals surface area contributed by atoms with Crippen molar-refractivity contribution < 1.29 is 4.79 Å². The highest BCUT2D eigenvalue weighted by Crippen LogP contribution is 2.15. The third-order valence-corrected chi connectivity index (χ3v) is 4.38. The first kappa shape index (κ1) is 15.0. The molecule has 0 fully saturated rings. The molecule has 8 heteroatoms. The van der Waals surface area contributed by atoms with Crippen LogP contribution in [0.25, 0.3) is 5.69 Å². The molecular formula is C15H14N4O3S. The van der Waals surface area contributed by atoms with Crippen LogP contribution in [0.3, 0.4) is 0 Å². The van der Waals surface area contributed by atoms with Crippen LogP contribution in [0.5, 0.6) is 0 Å². The fourth-order valence-electron chi connectivity index (χ4n) is 2.14. The molecule has 23 heavy (non-hydrogen) atoms. The van der Waals surface area contributed by atoms with Crippen molar-refractivity contribution in [2.45, 2.75) is 0 Å². The van der Waals surface area contributed by atoms with Crippen molar-refractivity contribution in [3.8, 4) is 5.69 Å². The van der Waals surface area contributed by atoms with Gasteiger partial charge in [-0.05, 0) is 35.7 Å². The maximum absolute atomic E-state index is 12.1. The third-order valence-electron chi connectivity index (χ3n) is 3.51. The number of nitrogens with zero attached hydrogens (tertiary/aromatic N) is 3. The number of anilines is 1. The lowest BCUT2D eigenvalue weighted by atomic mass is 10.2. The van der Waals surface area contributed by atoms with Gasteiger partial charge < -0.3 is 5.32 Å². The lowest BCUT2D eigenvalue weighted by Gasteiger charge is -2.05. The molecule has 1 N–H and O–H groups in total. The zero-order chi connectivity index (χ0) is 16.6. The van der Waals surface area contributed by atoms with Crippen molar-refractivity contribution in [1.82, 2.24) is 13.9 Å². The Balaban J connectivity index is 1.89. The van der Waals surface area contributed by atoms with Crippen LogP contribution >= 0.6 is 11.3 Å². The maximum Gasteiger partial charge on any atom is 0.351 e. The normalized spacial score (nSPS) is 10.7. The number of hydrogen-bond donors (Lipinski definition) is 1. The number of thiophene rings is 1. The predicted molar refractivity (Wildman–Crippen MR) is 88.5 cm³/mol. The van der Waals surface area contributed by atoms with Crippen molar-refractivity contribution >= 4 is 22.9 Å². The first-order chi connectivity index (χ1) is 11.0. The van der Waals surface area contributed by atoms with Crippen LogP contribution in [0.15, 0.2) is 51.4 Å². The van der Waals surface area contributed by atoms with E-state index in [-0.39, 0.29) is 5.91 Å². The van der Waals surface area contributed by atoms with E-state index in [1.54, 1.807) is 36.4 Å². The Morgan fingerprint density at radius 3 is 2.13 bits per heavy atom. The van der Waals surface area contributed by atoms with Crippen LogP contribution in [0.4, 0.5) is 5.69 Å². The van der Waals surface area contributed by atoms with Crippen LogP contribution in [0.2, 0.25) is 0 Å². The van der Waals surface area contributed by atoms with Gasteiger partial charge >= 0.3 is 11.4 Å². The Bertz CT molecular complexity index is 928. The topological polar surface area (TPSA) is 78.0 Å². The Hall–Kier alpha value is -2.87. The Morgan fingerprint density at radius 2 is 1.61 bits per heavy atom. The molecule has 2 heterocycles. The largest absolute Gasteiger partial charge is 0.351 e. The molecule has 2 aromatic heterocycles. The van der Waals surface area contributed by atoms with E-state index in [0.717, 1.165) is 4.57 Å². The van der Waals surface area contributed by atoms with Gasteiger partial charge in [-0.2, -0.15) is 0 Å². The second kappa shape index (κ2) is 5.73. The van der Waals surface area contributed by atoms with E-state index in [1.165, 1.54) is 34.8 Å². The highest BCUT2D eigenvalue weighted by atomic mass is 32.1. The Morgan fingerprint density at radius 1 is 1.00 bits per heavy atom. The molecule has 0 atom stereocenters. The minimum atomic E-state index is -0.423. The van der Waals surface area contributed by atoms with Crippen molar-refractivity contribution in [3.63, 3.8) is 0 Å². The number of carbonyl (C=O) groups excluding carboxylic acids is 1. The van der Waals surface area contributed by atoms with E-state index in [4.69, 9.17) is 0 Å². The van der Waals surface area contributed by atoms with Gasteiger partial charge in [-0.3, -0.25) is 4.79 Å². The molecule has 3 aromatic rings. The van der Waals surface area contributed by atoms with E-state index in [1.807, 2.05) is 5.38 Å². The van der Waals surface area contributed by atoms with Gasteiger partial charge in [-0.25, -0.2) is 23.5 Å². The first-order valence-electron chi connectivity index (χ1n) is 6.79. The van der Waals surface area contributed by atoms with Crippen molar-refractivity contribution in [2.75, 3.05) is 5.32 Å². The molecule has 1 amide bonds. The Labute approximate surface area is 135 Å². The molecule has 0 radical (unpaired) electrons. The lowest BCUT2D eigenvalue weighted by molar-refractivity contribution is 0.103. The van der Waals surface area contributed by atoms with Crippen molar-refractivity contribution in [3.05, 3.63) is 67.6 Å². The van der Waals surface area contributed by atoms with Gasteiger partial charge in [0.15, 0.2) is 0 Å². The molecule has 118 valence electrons. The molecule has 0 bridgehead atoms. The number of carbonyl (C=O) groups is 1. The van der Waals surface area contributed by atoms with Crippen LogP contribution in [0, 0.1) is 0 Å². The van der Waals surface area contributed by atoms with Crippen LogP contribution in [-0.2, 0) is 14.1 Å². The smallest absolute Gasteiger partial charge is 0.321 e. The summed E-state index contributed by atoms with van der Waals surface area (Å²) in [6, 6.07) is 10.1. The van der Waals surface area contributed by atoms with E-state index in [0.29, 0.717) is 16.3 Å². The fraction of sp³-hybridized carbons (Fsp3) is 0.133. The number of benzene rings is 1. The molecule has 0 spiro atoms. The average molecular weight is 330 g/mol. The SMILES string of the molecule is Cn1c(=O)n(-c2ccc(NC(=O)c3cccs3)cc2)c(=O)n1C. The monoisotopic (exact) mass is 330 g/mol. The molecule has 0 saturated carbocycles. The first-order valence-corrected chi connectivity index (χ1v) is 7.67. The summed E-state index contributed by atoms with van der Waals surface area (Å²) in [5.41, 5.74) is 0.194. The zero-order valence-corrected chi connectivity index (χ0v) is 13.3. The van der Waals surface area contributed by atoms with Gasteiger partial charge in [0, 0.05) is 19.8 Å². The summed E-state index contributed by atoms with van der Waals surface area (Å²) in [5, 5.41) is 4.59. The highest BCUT2D eigenvalue weighted by molar-refractivity contribution is 7.12. The molecule has 0 saturated heterocycles. The van der Waals surface area contributed by atoms with Crippen LogP contribution < -0.4 is 16.7 Å². The van der Waals surface area contributed by atoms with Crippen LogP contribution in [-0.4, -0.2) is 19.8 Å². The fourth-order valence-corrected chi connectivity index (χ4v) is 2.76. The molecule has 1 aromatic carbocycles. The summed E-state index contributed by atoms with van der Waals surface area (Å²) in [6.07, 6.45) is 0. The molecule has 0 aliphatic rings. The summed E-state index contributed by atoms with van der Waals surface area (Å²) in [4.78, 5) is 36.7. The van der Waals surface area contributed by atoms with E-state index >= 15 is 0 Å². The molecule has 3 rings (SSSR count). The minimum absolute atomic E-state index is 0.194. The molecule has 7 nitrogen and oxygen atoms in total. The minimum Gasteiger partial charge on any atom is -0.321 e. The van der Waals surface area contributed by atoms with Crippen molar-refractivity contribution in [1.29, 1.82) is 0 Å². The van der Waals surface area contributed by atoms with Gasteiger partial charge in [0.05, 0.1) is 10.6 Å². The number of aromatic nitrogens is 3. The standard InChI is InChI=1S/C15H14N4O3S/c1-17-14(21)19(15(22)18(17)2)11-7-5-10(6-8-11)16-13(20)12-4-3-9-23-12/h3-9H,1-2H3,(H,16,20). The number of amides is 1. The molecule has 0 aliphatic carbocycles. The Kier molecular flexibility index (Phi) is 3.75. The molecule has 0 aliphatic heterocycles. The van der Waals surface area contributed by atoms with E-state index < -0.39 is 11.4 Å². The number of hydrogen-bond acceptors (Lipinski definition) is 4. The van der Waals surface area contributed by atoms with Gasteiger partial charge in [0.2, 0.25) is 0 Å². The third kappa shape index (κ3) is 2.64. The number of nitrogens with one attached hydrogen (secondary N) is 1. The predicted octanol–water partition coefficient (Wildman–Crippen LogP) is 1.19. The summed E-state index contributed by atoms with van der Waals surface area (Å²) in [5.74, 6) is -0.194. The second-order valence-corrected chi connectivity index (χ2v) is 5.87. The lowest BCUT2D eigenvalue weighted by Crippen LogP contribution is -2.26. The van der Waals surface area contributed by atoms with E-state index in [9.17, 15) is 14.4 Å². The van der Waals surface area contributed by atoms with Gasteiger partial charge in [0.1, 0.15) is 0 Å². The summed E-state index contributed by atoms with van der Waals surface area (Å²) < 4.78 is 3.54. The highest BCUT2D eigenvalue weighted by Gasteiger charge is 2.12. The van der Waals surface area contributed by atoms with E-state index in [2.05, 4.69) is 5.32 Å². The van der Waals surface area contributed by atoms with Gasteiger partial charge in [0.25, 0.3) is 5.91 Å². The summed E-state index contributed by atoms with van der Waals surface area (Å²) >= 11 is 1.35. The van der Waals surface area contributed by atoms with Gasteiger partial charge in [-0.1, -0.05) is 6.07 Å². The zero-order valence-electron chi connectivity index (χ0n) is 12.5. The average Bonchev–Trinajstić information content (AvgIpc) is 3.14. The molecular weight excluding hydrogens is 316 g/mol. The molecule has 0 unspecified atom stereocenters.